The lowest BCUT2D eigenvalue weighted by molar-refractivity contribution is 0.953. The summed E-state index contributed by atoms with van der Waals surface area (Å²) in [6, 6.07) is 184. The minimum absolute atomic E-state index is 0.590. The third-order valence-corrected chi connectivity index (χ3v) is 28.1. The lowest BCUT2D eigenvalue weighted by Crippen LogP contribution is -2.06. The summed E-state index contributed by atoms with van der Waals surface area (Å²) in [6.45, 7) is 0. The van der Waals surface area contributed by atoms with Crippen molar-refractivity contribution in [2.24, 2.45) is 0 Å². The van der Waals surface area contributed by atoms with E-state index in [1.54, 1.807) is 0 Å². The van der Waals surface area contributed by atoms with Crippen molar-refractivity contribution in [1.82, 2.24) is 57.3 Å². The van der Waals surface area contributed by atoms with Crippen LogP contribution in [-0.2, 0) is 0 Å². The maximum absolute atomic E-state index is 5.08. The highest BCUT2D eigenvalue weighted by molar-refractivity contribution is 6.17. The summed E-state index contributed by atoms with van der Waals surface area (Å²) in [5, 5.41) is 14.8. The van der Waals surface area contributed by atoms with Crippen LogP contribution in [-0.4, -0.2) is 57.3 Å². The van der Waals surface area contributed by atoms with Crippen molar-refractivity contribution in [3.05, 3.63) is 522 Å². The van der Waals surface area contributed by atoms with Crippen LogP contribution in [0.3, 0.4) is 0 Å². The first-order valence-electron chi connectivity index (χ1n) is 48.7. The molecule has 0 aliphatic rings. The SMILES string of the molecule is c1ccc(-c2nc(-c3ccccc3)nc(-c3ccc(-n4c5ccccc5c5cc(-c6ccc7c(c6)c6ccccc6n7-c6ccccc6)ccc54)cc3)n2)cc1.c1ccc(-c2nc(-c3ccccc3)nc(-n3c4ccccc4c4cc(-c5ccc6c(c5)c5ccccc5n6-c5ccccc5)ccc43)n2)cc1.c1ccc(-n2c3ccccc3c3cc(-c4ccc5c(c4)c4ccccc4n5-c4ccccc4)ccc32)cc1. The topological polar surface area (TPSA) is 107 Å². The van der Waals surface area contributed by atoms with E-state index in [9.17, 15) is 0 Å². The molecule has 0 saturated carbocycles. The van der Waals surface area contributed by atoms with E-state index in [2.05, 4.69) is 428 Å². The fourth-order valence-corrected chi connectivity index (χ4v) is 21.4. The Bertz CT molecular complexity index is 9720. The zero-order chi connectivity index (χ0) is 95.1. The Balaban J connectivity index is 0.000000109. The molecule has 0 bridgehead atoms. The van der Waals surface area contributed by atoms with Crippen LogP contribution in [0.2, 0.25) is 0 Å². The first-order chi connectivity index (χ1) is 71.4. The second-order valence-electron chi connectivity index (χ2n) is 36.4. The Hall–Kier alpha value is -19.6. The molecule has 0 atom stereocenters. The van der Waals surface area contributed by atoms with E-state index in [1.807, 2.05) is 121 Å². The van der Waals surface area contributed by atoms with Crippen LogP contribution in [0.25, 0.3) is 256 Å². The summed E-state index contributed by atoms with van der Waals surface area (Å²) in [7, 11) is 0. The highest BCUT2D eigenvalue weighted by atomic mass is 15.2. The van der Waals surface area contributed by atoms with Gasteiger partial charge in [0.25, 0.3) is 0 Å². The van der Waals surface area contributed by atoms with E-state index in [4.69, 9.17) is 29.9 Å². The summed E-state index contributed by atoms with van der Waals surface area (Å²) in [6.07, 6.45) is 0. The van der Waals surface area contributed by atoms with Crippen molar-refractivity contribution in [2.75, 3.05) is 0 Å². The van der Waals surface area contributed by atoms with Gasteiger partial charge in [-0.2, -0.15) is 9.97 Å². The standard InChI is InChI=1S/C51H33N5.C45H29N5.C36H24N2/c1-4-14-34(15-5-1)49-52-50(35-16-6-2-7-17-35)54-51(53-49)36-24-28-40(29-25-36)56-46-23-13-11-21-42(46)44-33-38(27-31-48(44)56)37-26-30-47-43(32-37)41-20-10-12-22-45(41)55(47)39-18-8-3-9-19-39;1-4-14-30(15-5-1)43-46-44(31-16-6-2-7-17-31)48-45(47-43)50-40-23-13-11-21-36(40)38-29-33(25-27-42(38)50)32-24-26-41-37(28-32)35-20-10-12-22-39(35)49(41)34-18-8-3-9-19-34;1-3-11-27(12-4-1)37-33-17-9-7-15-29(33)31-23-25(19-21-35(31)37)26-20-22-36-32(24-26)30-16-8-10-18-34(30)38(36)28-13-5-2-6-14-28/h1-33H;1-29H;1-24H. The number of hydrogen-bond acceptors (Lipinski definition) is 6. The predicted octanol–water partition coefficient (Wildman–Crippen LogP) is 33.3. The van der Waals surface area contributed by atoms with E-state index in [1.165, 1.54) is 137 Å². The Morgan fingerprint density at radius 3 is 0.479 bits per heavy atom. The fourth-order valence-electron chi connectivity index (χ4n) is 21.4. The Labute approximate surface area is 828 Å². The van der Waals surface area contributed by atoms with Crippen LogP contribution in [0.5, 0.6) is 0 Å². The van der Waals surface area contributed by atoms with Crippen molar-refractivity contribution in [1.29, 1.82) is 0 Å². The third-order valence-electron chi connectivity index (χ3n) is 28.1. The van der Waals surface area contributed by atoms with Gasteiger partial charge in [-0.25, -0.2) is 19.9 Å². The normalized spacial score (nSPS) is 11.6. The Morgan fingerprint density at radius 2 is 0.257 bits per heavy atom. The average molecular weight is 1840 g/mol. The maximum Gasteiger partial charge on any atom is 0.238 e. The molecule has 674 valence electrons. The second kappa shape index (κ2) is 35.5. The molecule has 12 heteroatoms. The molecule has 0 N–H and O–H groups in total. The molecule has 8 heterocycles. The van der Waals surface area contributed by atoms with Gasteiger partial charge in [-0.15, -0.1) is 0 Å². The number of nitrogens with zero attached hydrogens (tertiary/aromatic N) is 12. The molecular weight excluding hydrogens is 1750 g/mol. The van der Waals surface area contributed by atoms with Gasteiger partial charge < -0.3 is 22.8 Å². The zero-order valence-corrected chi connectivity index (χ0v) is 78.0. The number of hydrogen-bond donors (Lipinski definition) is 0. The molecule has 29 aromatic rings. The minimum Gasteiger partial charge on any atom is -0.309 e. The van der Waals surface area contributed by atoms with E-state index >= 15 is 0 Å². The molecule has 0 unspecified atom stereocenters. The van der Waals surface area contributed by atoms with Gasteiger partial charge >= 0.3 is 0 Å². The Kier molecular flexibility index (Phi) is 20.6. The molecule has 29 rings (SSSR count). The number of para-hydroxylation sites is 10. The van der Waals surface area contributed by atoms with Crippen molar-refractivity contribution in [3.8, 4) is 125 Å². The maximum atomic E-state index is 5.08. The molecular formula is C132H86N12. The number of benzene rings is 21. The molecule has 0 aliphatic heterocycles. The van der Waals surface area contributed by atoms with Crippen molar-refractivity contribution in [2.45, 2.75) is 0 Å². The third kappa shape index (κ3) is 14.7. The van der Waals surface area contributed by atoms with Gasteiger partial charge in [-0.3, -0.25) is 4.57 Å². The highest BCUT2D eigenvalue weighted by Crippen LogP contribution is 2.45. The van der Waals surface area contributed by atoms with Crippen LogP contribution in [0.1, 0.15) is 0 Å². The molecule has 0 spiro atoms. The monoisotopic (exact) mass is 1840 g/mol. The first kappa shape index (κ1) is 83.8. The van der Waals surface area contributed by atoms with Gasteiger partial charge in [-0.05, 0) is 215 Å². The molecule has 0 fully saturated rings. The van der Waals surface area contributed by atoms with Crippen molar-refractivity contribution < 1.29 is 0 Å². The number of fused-ring (bicyclic) bond motifs is 18. The van der Waals surface area contributed by atoms with E-state index < -0.39 is 0 Å². The smallest absolute Gasteiger partial charge is 0.238 e. The second-order valence-corrected chi connectivity index (χ2v) is 36.4. The number of aromatic nitrogens is 12. The summed E-state index contributed by atoms with van der Waals surface area (Å²) in [5.41, 5.74) is 31.8. The molecule has 144 heavy (non-hydrogen) atoms. The summed E-state index contributed by atoms with van der Waals surface area (Å²) in [5.74, 6) is 3.81. The molecule has 12 nitrogen and oxygen atoms in total. The van der Waals surface area contributed by atoms with E-state index in [-0.39, 0.29) is 0 Å². The van der Waals surface area contributed by atoms with Crippen LogP contribution in [0.15, 0.2) is 522 Å². The molecule has 21 aromatic carbocycles. The molecule has 0 saturated heterocycles. The average Bonchev–Trinajstić information content (AvgIpc) is 1.59. The van der Waals surface area contributed by atoms with Gasteiger partial charge in [0.1, 0.15) is 0 Å². The zero-order valence-electron chi connectivity index (χ0n) is 78.0. The van der Waals surface area contributed by atoms with Crippen LogP contribution < -0.4 is 0 Å². The largest absolute Gasteiger partial charge is 0.309 e. The summed E-state index contributed by atoms with van der Waals surface area (Å²) < 4.78 is 14.0. The number of rotatable bonds is 14. The van der Waals surface area contributed by atoms with Crippen molar-refractivity contribution >= 4 is 131 Å². The van der Waals surface area contributed by atoms with Crippen molar-refractivity contribution in [3.63, 3.8) is 0 Å². The predicted molar refractivity (Wildman–Crippen MR) is 596 cm³/mol. The van der Waals surface area contributed by atoms with Gasteiger partial charge in [-0.1, -0.05) is 340 Å². The van der Waals surface area contributed by atoms with Crippen LogP contribution >= 0.6 is 0 Å². The van der Waals surface area contributed by atoms with Gasteiger partial charge in [0.15, 0.2) is 29.1 Å². The van der Waals surface area contributed by atoms with E-state index in [0.29, 0.717) is 35.1 Å². The van der Waals surface area contributed by atoms with Gasteiger partial charge in [0.05, 0.1) is 66.2 Å². The highest BCUT2D eigenvalue weighted by Gasteiger charge is 2.25. The summed E-state index contributed by atoms with van der Waals surface area (Å²) >= 11 is 0. The minimum atomic E-state index is 0.590. The van der Waals surface area contributed by atoms with Gasteiger partial charge in [0, 0.05) is 121 Å². The molecule has 0 amide bonds. The molecule has 8 aromatic heterocycles. The van der Waals surface area contributed by atoms with Crippen LogP contribution in [0.4, 0.5) is 0 Å². The lowest BCUT2D eigenvalue weighted by atomic mass is 10.0. The lowest BCUT2D eigenvalue weighted by Gasteiger charge is -2.11. The molecule has 0 radical (unpaired) electrons. The quantitative estimate of drug-likeness (QED) is 0.107. The summed E-state index contributed by atoms with van der Waals surface area (Å²) in [4.78, 5) is 29.9. The Morgan fingerprint density at radius 1 is 0.104 bits per heavy atom. The van der Waals surface area contributed by atoms with E-state index in [0.717, 1.165) is 83.3 Å². The fraction of sp³-hybridized carbons (Fsp3) is 0. The van der Waals surface area contributed by atoms with Crippen LogP contribution in [0, 0.1) is 0 Å². The molecule has 0 aliphatic carbocycles. The van der Waals surface area contributed by atoms with Gasteiger partial charge in [0.2, 0.25) is 5.95 Å². The first-order valence-corrected chi connectivity index (χ1v) is 48.7.